The van der Waals surface area contributed by atoms with Crippen molar-refractivity contribution in [1.29, 1.82) is 0 Å². The first-order chi connectivity index (χ1) is 25.3. The van der Waals surface area contributed by atoms with Gasteiger partial charge < -0.3 is 9.88 Å². The molecule has 3 aromatic heterocycles. The van der Waals surface area contributed by atoms with Crippen molar-refractivity contribution in [3.63, 3.8) is 0 Å². The van der Waals surface area contributed by atoms with Crippen LogP contribution in [0.2, 0.25) is 0 Å². The minimum absolute atomic E-state index is 0.239. The number of hydrogen-bond donors (Lipinski definition) is 1. The summed E-state index contributed by atoms with van der Waals surface area (Å²) in [6.07, 6.45) is -0.239. The highest BCUT2D eigenvalue weighted by molar-refractivity contribution is 7.33. The topological polar surface area (TPSA) is 41.7 Å². The van der Waals surface area contributed by atoms with Gasteiger partial charge in [-0.3, -0.25) is 0 Å². The minimum atomic E-state index is -0.239. The van der Waals surface area contributed by atoms with Crippen LogP contribution in [-0.2, 0) is 0 Å². The molecule has 1 atom stereocenters. The van der Waals surface area contributed by atoms with E-state index in [-0.39, 0.29) is 6.17 Å². The van der Waals surface area contributed by atoms with E-state index in [0.717, 1.165) is 28.4 Å². The molecule has 0 aliphatic carbocycles. The average Bonchev–Trinajstić information content (AvgIpc) is 3.88. The van der Waals surface area contributed by atoms with Gasteiger partial charge >= 0.3 is 0 Å². The molecule has 7 aromatic carbocycles. The second-order valence-electron chi connectivity index (χ2n) is 13.0. The summed E-state index contributed by atoms with van der Waals surface area (Å²) in [5, 5.41) is 11.4. The van der Waals surface area contributed by atoms with Crippen LogP contribution in [0.25, 0.3) is 67.8 Å². The maximum absolute atomic E-state index is 5.16. The van der Waals surface area contributed by atoms with E-state index < -0.39 is 0 Å². The number of rotatable bonds is 4. The Bertz CT molecular complexity index is 3000. The average molecular weight is 689 g/mol. The zero-order chi connectivity index (χ0) is 33.5. The Kier molecular flexibility index (Phi) is 6.32. The van der Waals surface area contributed by atoms with Crippen molar-refractivity contribution in [2.75, 3.05) is 0 Å². The van der Waals surface area contributed by atoms with Crippen LogP contribution < -0.4 is 5.32 Å². The fraction of sp³-hybridized carbons (Fsp3) is 0.0222. The molecule has 6 heteroatoms. The predicted octanol–water partition coefficient (Wildman–Crippen LogP) is 12.0. The molecular formula is C45H28N4S2. The molecule has 1 aliphatic heterocycles. The lowest BCUT2D eigenvalue weighted by Gasteiger charge is -2.24. The Balaban J connectivity index is 1.08. The number of para-hydroxylation sites is 2. The Morgan fingerprint density at radius 3 is 1.88 bits per heavy atom. The number of hydrogen-bond acceptors (Lipinski definition) is 5. The maximum atomic E-state index is 5.16. The summed E-state index contributed by atoms with van der Waals surface area (Å²) in [7, 11) is 0. The monoisotopic (exact) mass is 688 g/mol. The number of aliphatic imine (C=N–C) groups is 2. The third-order valence-corrected chi connectivity index (χ3v) is 12.7. The standard InChI is InChI=1S/C45H28N4S2/c1-3-12-27(13-4-1)43-46-44(28-14-5-2-6-15-28)48-45(47-43)36-19-11-18-33-35-25-24-34-32-23-22-29(26-39(32)50-41(34)42(35)51-40(33)36)49-37-20-9-7-16-30(37)31-17-8-10-21-38(31)49/h1-26,43H,(H,46,47,48). The second-order valence-corrected chi connectivity index (χ2v) is 15.1. The van der Waals surface area contributed by atoms with Gasteiger partial charge in [-0.2, -0.15) is 0 Å². The SMILES string of the molecule is c1ccc(C2=NC(c3ccccc3)NC(c3cccc4c3sc3c4ccc4c5ccc(-n6c7ccccc7c7ccccc76)cc5sc43)=N2)cc1. The van der Waals surface area contributed by atoms with Gasteiger partial charge in [0.1, 0.15) is 12.0 Å². The van der Waals surface area contributed by atoms with Crippen LogP contribution >= 0.6 is 22.7 Å². The zero-order valence-electron chi connectivity index (χ0n) is 27.2. The van der Waals surface area contributed by atoms with Gasteiger partial charge in [0.15, 0.2) is 5.84 Å². The minimum Gasteiger partial charge on any atom is -0.344 e. The third kappa shape index (κ3) is 4.43. The second kappa shape index (κ2) is 11.2. The molecule has 1 N–H and O–H groups in total. The van der Waals surface area contributed by atoms with Gasteiger partial charge in [-0.1, -0.05) is 127 Å². The van der Waals surface area contributed by atoms with Gasteiger partial charge in [0.05, 0.1) is 20.4 Å². The van der Waals surface area contributed by atoms with E-state index >= 15 is 0 Å². The predicted molar refractivity (Wildman–Crippen MR) is 218 cm³/mol. The van der Waals surface area contributed by atoms with Gasteiger partial charge in [0.25, 0.3) is 0 Å². The Morgan fingerprint density at radius 1 is 0.510 bits per heavy atom. The molecule has 10 aromatic rings. The largest absolute Gasteiger partial charge is 0.344 e. The molecule has 0 amide bonds. The highest BCUT2D eigenvalue weighted by Crippen LogP contribution is 2.46. The van der Waals surface area contributed by atoms with Crippen molar-refractivity contribution in [1.82, 2.24) is 9.88 Å². The molecule has 1 unspecified atom stereocenters. The summed E-state index contributed by atoms with van der Waals surface area (Å²) >= 11 is 3.77. The van der Waals surface area contributed by atoms with Gasteiger partial charge in [-0.05, 0) is 35.9 Å². The molecule has 11 rings (SSSR count). The lowest BCUT2D eigenvalue weighted by Crippen LogP contribution is -2.33. The lowest BCUT2D eigenvalue weighted by molar-refractivity contribution is 0.674. The molecule has 0 spiro atoms. The van der Waals surface area contributed by atoms with Crippen LogP contribution in [0.15, 0.2) is 168 Å². The van der Waals surface area contributed by atoms with Crippen LogP contribution in [0.4, 0.5) is 0 Å². The summed E-state index contributed by atoms with van der Waals surface area (Å²) < 4.78 is 7.59. The first-order valence-corrected chi connectivity index (χ1v) is 18.7. The Hall–Kier alpha value is -6.08. The highest BCUT2D eigenvalue weighted by atomic mass is 32.1. The Morgan fingerprint density at radius 2 is 1.12 bits per heavy atom. The molecule has 0 bridgehead atoms. The molecule has 0 saturated heterocycles. The van der Waals surface area contributed by atoms with Gasteiger partial charge in [-0.25, -0.2) is 9.98 Å². The number of benzene rings is 7. The number of thiophene rings is 2. The smallest absolute Gasteiger partial charge is 0.159 e. The molecule has 51 heavy (non-hydrogen) atoms. The number of fused-ring (bicyclic) bond motifs is 10. The molecule has 0 fully saturated rings. The van der Waals surface area contributed by atoms with E-state index in [9.17, 15) is 0 Å². The van der Waals surface area contributed by atoms with Crippen molar-refractivity contribution in [3.8, 4) is 5.69 Å². The summed E-state index contributed by atoms with van der Waals surface area (Å²) in [5.41, 5.74) is 6.86. The molecule has 4 heterocycles. The van der Waals surface area contributed by atoms with E-state index in [4.69, 9.17) is 9.98 Å². The van der Waals surface area contributed by atoms with Crippen molar-refractivity contribution in [2.24, 2.45) is 9.98 Å². The normalized spacial score (nSPS) is 14.9. The fourth-order valence-corrected chi connectivity index (χ4v) is 10.4. The zero-order valence-corrected chi connectivity index (χ0v) is 28.9. The Labute approximate surface area is 301 Å². The maximum Gasteiger partial charge on any atom is 0.159 e. The third-order valence-electron chi connectivity index (χ3n) is 10.1. The molecular weight excluding hydrogens is 661 g/mol. The van der Waals surface area contributed by atoms with Crippen molar-refractivity contribution in [2.45, 2.75) is 6.17 Å². The van der Waals surface area contributed by atoms with E-state index in [1.165, 1.54) is 67.8 Å². The molecule has 240 valence electrons. The van der Waals surface area contributed by atoms with Crippen LogP contribution in [0.3, 0.4) is 0 Å². The number of aromatic nitrogens is 1. The van der Waals surface area contributed by atoms with Crippen LogP contribution in [0, 0.1) is 0 Å². The number of nitrogens with zero attached hydrogens (tertiary/aromatic N) is 3. The van der Waals surface area contributed by atoms with Gasteiger partial charge in [0.2, 0.25) is 0 Å². The van der Waals surface area contributed by atoms with Crippen LogP contribution in [0.1, 0.15) is 22.9 Å². The van der Waals surface area contributed by atoms with Crippen molar-refractivity contribution in [3.05, 3.63) is 174 Å². The fourth-order valence-electron chi connectivity index (χ4n) is 7.71. The van der Waals surface area contributed by atoms with E-state index in [1.807, 2.05) is 46.9 Å². The molecule has 4 nitrogen and oxygen atoms in total. The van der Waals surface area contributed by atoms with Crippen LogP contribution in [-0.4, -0.2) is 16.2 Å². The number of amidine groups is 2. The quantitative estimate of drug-likeness (QED) is 0.196. The summed E-state index contributed by atoms with van der Waals surface area (Å²) in [4.78, 5) is 10.2. The first kappa shape index (κ1) is 28.7. The lowest BCUT2D eigenvalue weighted by atomic mass is 10.1. The van der Waals surface area contributed by atoms with E-state index in [2.05, 4.69) is 143 Å². The number of nitrogens with one attached hydrogen (secondary N) is 1. The van der Waals surface area contributed by atoms with Crippen LogP contribution in [0.5, 0.6) is 0 Å². The highest BCUT2D eigenvalue weighted by Gasteiger charge is 2.24. The molecule has 0 radical (unpaired) electrons. The van der Waals surface area contributed by atoms with Crippen molar-refractivity contribution >= 4 is 96.5 Å². The van der Waals surface area contributed by atoms with Crippen molar-refractivity contribution < 1.29 is 0 Å². The summed E-state index contributed by atoms with van der Waals surface area (Å²) in [6, 6.07) is 56.3. The van der Waals surface area contributed by atoms with Gasteiger partial charge in [0, 0.05) is 58.5 Å². The first-order valence-electron chi connectivity index (χ1n) is 17.1. The van der Waals surface area contributed by atoms with E-state index in [1.54, 1.807) is 0 Å². The van der Waals surface area contributed by atoms with Gasteiger partial charge in [-0.15, -0.1) is 22.7 Å². The molecule has 0 saturated carbocycles. The molecule has 1 aliphatic rings. The van der Waals surface area contributed by atoms with E-state index in [0.29, 0.717) is 0 Å². The summed E-state index contributed by atoms with van der Waals surface area (Å²) in [5.74, 6) is 1.58. The summed E-state index contributed by atoms with van der Waals surface area (Å²) in [6.45, 7) is 0.